The zero-order valence-corrected chi connectivity index (χ0v) is 20.4. The summed E-state index contributed by atoms with van der Waals surface area (Å²) in [5, 5.41) is 2.15. The molecule has 0 saturated carbocycles. The molecule has 6 nitrogen and oxygen atoms in total. The zero-order chi connectivity index (χ0) is 23.2. The van der Waals surface area contributed by atoms with Crippen LogP contribution in [0.4, 0.5) is 5.69 Å². The monoisotopic (exact) mass is 462 g/mol. The molecule has 0 amide bonds. The summed E-state index contributed by atoms with van der Waals surface area (Å²) in [6, 6.07) is 14.4. The largest absolute Gasteiger partial charge is 0.497 e. The molecule has 0 aliphatic heterocycles. The van der Waals surface area contributed by atoms with Gasteiger partial charge in [-0.15, -0.1) is 11.3 Å². The third-order valence-electron chi connectivity index (χ3n) is 5.62. The molecule has 0 bridgehead atoms. The van der Waals surface area contributed by atoms with Gasteiger partial charge in [-0.05, 0) is 48.2 Å². The molecule has 0 unspecified atom stereocenters. The minimum Gasteiger partial charge on any atom is -0.497 e. The lowest BCUT2D eigenvalue weighted by atomic mass is 10.0. The predicted molar refractivity (Wildman–Crippen MR) is 133 cm³/mol. The van der Waals surface area contributed by atoms with E-state index in [0.29, 0.717) is 5.92 Å². The molecule has 0 radical (unpaired) electrons. The first kappa shape index (κ1) is 22.9. The van der Waals surface area contributed by atoms with Gasteiger partial charge in [0.15, 0.2) is 4.80 Å². The molecule has 33 heavy (non-hydrogen) atoms. The van der Waals surface area contributed by atoms with Crippen LogP contribution in [0.1, 0.15) is 31.7 Å². The SMILES string of the molecule is COc1ccc(OC)c(-c2csc(=Nc3ccc(C(C)C)cc3)n2CCCn2ccnc2)c1. The summed E-state index contributed by atoms with van der Waals surface area (Å²) in [7, 11) is 3.38. The normalized spacial score (nSPS) is 11.8. The van der Waals surface area contributed by atoms with Crippen LogP contribution < -0.4 is 14.3 Å². The molecule has 0 aliphatic carbocycles. The van der Waals surface area contributed by atoms with Gasteiger partial charge in [0.05, 0.1) is 31.9 Å². The summed E-state index contributed by atoms with van der Waals surface area (Å²) in [5.41, 5.74) is 4.33. The minimum atomic E-state index is 0.501. The number of hydrogen-bond donors (Lipinski definition) is 0. The molecule has 4 rings (SSSR count). The molecule has 2 aromatic carbocycles. The summed E-state index contributed by atoms with van der Waals surface area (Å²) >= 11 is 1.64. The first-order chi connectivity index (χ1) is 16.1. The van der Waals surface area contributed by atoms with Crippen LogP contribution in [0, 0.1) is 0 Å². The maximum absolute atomic E-state index is 5.67. The van der Waals surface area contributed by atoms with E-state index in [-0.39, 0.29) is 0 Å². The highest BCUT2D eigenvalue weighted by Gasteiger charge is 2.14. The molecule has 172 valence electrons. The number of aromatic nitrogens is 3. The van der Waals surface area contributed by atoms with E-state index in [1.807, 2.05) is 36.9 Å². The van der Waals surface area contributed by atoms with Gasteiger partial charge in [-0.25, -0.2) is 9.98 Å². The van der Waals surface area contributed by atoms with Crippen molar-refractivity contribution >= 4 is 17.0 Å². The molecular weight excluding hydrogens is 432 g/mol. The summed E-state index contributed by atoms with van der Waals surface area (Å²) in [6.45, 7) is 6.11. The maximum atomic E-state index is 5.67. The van der Waals surface area contributed by atoms with Gasteiger partial charge in [-0.1, -0.05) is 26.0 Å². The fourth-order valence-corrected chi connectivity index (χ4v) is 4.69. The standard InChI is InChI=1S/C26H30N4O2S/c1-19(2)20-6-8-21(9-7-20)28-26-30(14-5-13-29-15-12-27-18-29)24(17-33-26)23-16-22(31-3)10-11-25(23)32-4/h6-12,15-19H,5,13-14H2,1-4H3. The second-order valence-corrected chi connectivity index (χ2v) is 8.97. The zero-order valence-electron chi connectivity index (χ0n) is 19.6. The average molecular weight is 463 g/mol. The van der Waals surface area contributed by atoms with Crippen molar-refractivity contribution < 1.29 is 9.47 Å². The first-order valence-corrected chi connectivity index (χ1v) is 12.0. The number of thiazole rings is 1. The topological polar surface area (TPSA) is 53.6 Å². The number of hydrogen-bond acceptors (Lipinski definition) is 5. The molecule has 2 aromatic heterocycles. The molecule has 0 aliphatic rings. The van der Waals surface area contributed by atoms with Crippen molar-refractivity contribution in [3.8, 4) is 22.8 Å². The Morgan fingerprint density at radius 1 is 1.03 bits per heavy atom. The average Bonchev–Trinajstić information content (AvgIpc) is 3.49. The van der Waals surface area contributed by atoms with E-state index in [4.69, 9.17) is 14.5 Å². The lowest BCUT2D eigenvalue weighted by molar-refractivity contribution is 0.404. The molecule has 7 heteroatoms. The van der Waals surface area contributed by atoms with Crippen molar-refractivity contribution in [1.29, 1.82) is 0 Å². The van der Waals surface area contributed by atoms with E-state index in [0.717, 1.165) is 52.8 Å². The number of ether oxygens (including phenoxy) is 2. The number of methoxy groups -OCH3 is 2. The number of nitrogens with zero attached hydrogens (tertiary/aromatic N) is 4. The Labute approximate surface area is 198 Å². The van der Waals surface area contributed by atoms with Crippen molar-refractivity contribution in [3.63, 3.8) is 0 Å². The second kappa shape index (κ2) is 10.5. The molecule has 0 fully saturated rings. The fourth-order valence-electron chi connectivity index (χ4n) is 3.74. The molecule has 0 spiro atoms. The van der Waals surface area contributed by atoms with Crippen LogP contribution >= 0.6 is 11.3 Å². The van der Waals surface area contributed by atoms with Gasteiger partial charge in [0, 0.05) is 36.4 Å². The van der Waals surface area contributed by atoms with E-state index in [1.165, 1.54) is 5.56 Å². The third kappa shape index (κ3) is 5.37. The fraction of sp³-hybridized carbons (Fsp3) is 0.308. The molecule has 2 heterocycles. The van der Waals surface area contributed by atoms with E-state index >= 15 is 0 Å². The van der Waals surface area contributed by atoms with Crippen LogP contribution in [0.5, 0.6) is 11.5 Å². The highest BCUT2D eigenvalue weighted by Crippen LogP contribution is 2.34. The van der Waals surface area contributed by atoms with Crippen LogP contribution in [0.2, 0.25) is 0 Å². The Kier molecular flexibility index (Phi) is 7.29. The molecular formula is C26H30N4O2S. The molecule has 0 atom stereocenters. The van der Waals surface area contributed by atoms with Crippen molar-refractivity contribution in [3.05, 3.63) is 76.9 Å². The van der Waals surface area contributed by atoms with E-state index in [2.05, 4.69) is 57.6 Å². The van der Waals surface area contributed by atoms with Crippen molar-refractivity contribution in [1.82, 2.24) is 14.1 Å². The van der Waals surface area contributed by atoms with E-state index in [9.17, 15) is 0 Å². The van der Waals surface area contributed by atoms with Crippen LogP contribution in [-0.4, -0.2) is 28.3 Å². The highest BCUT2D eigenvalue weighted by atomic mass is 32.1. The van der Waals surface area contributed by atoms with Gasteiger partial charge < -0.3 is 18.6 Å². The summed E-state index contributed by atoms with van der Waals surface area (Å²) < 4.78 is 15.5. The van der Waals surface area contributed by atoms with Crippen LogP contribution in [0.25, 0.3) is 11.3 Å². The quantitative estimate of drug-likeness (QED) is 0.312. The molecule has 4 aromatic rings. The number of benzene rings is 2. The van der Waals surface area contributed by atoms with Gasteiger partial charge >= 0.3 is 0 Å². The van der Waals surface area contributed by atoms with Gasteiger partial charge in [-0.2, -0.15) is 0 Å². The third-order valence-corrected chi connectivity index (χ3v) is 6.49. The Hall–Kier alpha value is -3.32. The van der Waals surface area contributed by atoms with Crippen LogP contribution in [-0.2, 0) is 13.1 Å². The van der Waals surface area contributed by atoms with E-state index in [1.54, 1.807) is 25.6 Å². The van der Waals surface area contributed by atoms with E-state index < -0.39 is 0 Å². The highest BCUT2D eigenvalue weighted by molar-refractivity contribution is 7.07. The second-order valence-electron chi connectivity index (χ2n) is 8.13. The lowest BCUT2D eigenvalue weighted by Gasteiger charge is -2.14. The summed E-state index contributed by atoms with van der Waals surface area (Å²) in [5.74, 6) is 2.11. The first-order valence-electron chi connectivity index (χ1n) is 11.1. The molecule has 0 N–H and O–H groups in total. The Morgan fingerprint density at radius 3 is 2.52 bits per heavy atom. The number of rotatable bonds is 9. The van der Waals surface area contributed by atoms with Gasteiger partial charge in [0.25, 0.3) is 0 Å². The van der Waals surface area contributed by atoms with Gasteiger partial charge in [-0.3, -0.25) is 0 Å². The Bertz CT molecular complexity index is 1240. The van der Waals surface area contributed by atoms with Crippen molar-refractivity contribution in [2.75, 3.05) is 14.2 Å². The number of aryl methyl sites for hydroxylation is 1. The minimum absolute atomic E-state index is 0.501. The predicted octanol–water partition coefficient (Wildman–Crippen LogP) is 5.88. The summed E-state index contributed by atoms with van der Waals surface area (Å²) in [6.07, 6.45) is 6.61. The van der Waals surface area contributed by atoms with Gasteiger partial charge in [0.2, 0.25) is 0 Å². The molecule has 0 saturated heterocycles. The lowest BCUT2D eigenvalue weighted by Crippen LogP contribution is -2.17. The van der Waals surface area contributed by atoms with Crippen LogP contribution in [0.3, 0.4) is 0 Å². The van der Waals surface area contributed by atoms with Crippen molar-refractivity contribution in [2.24, 2.45) is 4.99 Å². The smallest absolute Gasteiger partial charge is 0.190 e. The summed E-state index contributed by atoms with van der Waals surface area (Å²) in [4.78, 5) is 10.1. The van der Waals surface area contributed by atoms with Crippen LogP contribution in [0.15, 0.2) is 71.6 Å². The van der Waals surface area contributed by atoms with Crippen molar-refractivity contribution in [2.45, 2.75) is 39.3 Å². The Balaban J connectivity index is 1.74. The van der Waals surface area contributed by atoms with Gasteiger partial charge in [0.1, 0.15) is 11.5 Å². The number of imidazole rings is 1. The Morgan fingerprint density at radius 2 is 1.85 bits per heavy atom. The maximum Gasteiger partial charge on any atom is 0.190 e.